The molecule has 1 amide bonds. The molecule has 24 heavy (non-hydrogen) atoms. The van der Waals surface area contributed by atoms with Crippen LogP contribution in [-0.4, -0.2) is 34.0 Å². The highest BCUT2D eigenvalue weighted by Crippen LogP contribution is 2.42. The minimum Gasteiger partial charge on any atom is -0.480 e. The first kappa shape index (κ1) is 16.5. The fourth-order valence-corrected chi connectivity index (χ4v) is 3.87. The van der Waals surface area contributed by atoms with Crippen molar-refractivity contribution < 1.29 is 19.4 Å². The maximum Gasteiger partial charge on any atom is 0.326 e. The lowest BCUT2D eigenvalue weighted by molar-refractivity contribution is -0.178. The molecule has 0 unspecified atom stereocenters. The van der Waals surface area contributed by atoms with Gasteiger partial charge in [-0.05, 0) is 29.5 Å². The first-order valence-electron chi connectivity index (χ1n) is 7.80. The number of carboxylic acid groups (broad SMARTS) is 1. The van der Waals surface area contributed by atoms with Gasteiger partial charge in [0, 0.05) is 4.88 Å². The van der Waals surface area contributed by atoms with Gasteiger partial charge in [-0.3, -0.25) is 4.79 Å². The summed E-state index contributed by atoms with van der Waals surface area (Å²) in [7, 11) is 0. The number of nitrogens with zero attached hydrogens (tertiary/aromatic N) is 1. The van der Waals surface area contributed by atoms with E-state index in [1.807, 2.05) is 49.6 Å². The number of carboxylic acids is 1. The Morgan fingerprint density at radius 3 is 2.46 bits per heavy atom. The van der Waals surface area contributed by atoms with Crippen LogP contribution in [0.5, 0.6) is 5.75 Å². The van der Waals surface area contributed by atoms with Crippen molar-refractivity contribution in [2.45, 2.75) is 32.0 Å². The number of carbonyl (C=O) groups excluding carboxylic acids is 1. The van der Waals surface area contributed by atoms with Crippen LogP contribution < -0.4 is 4.74 Å². The summed E-state index contributed by atoms with van der Waals surface area (Å²) in [5.74, 6) is -0.850. The van der Waals surface area contributed by atoms with Crippen LogP contribution in [0.2, 0.25) is 0 Å². The molecule has 1 aliphatic heterocycles. The van der Waals surface area contributed by atoms with Crippen molar-refractivity contribution in [2.75, 3.05) is 0 Å². The van der Waals surface area contributed by atoms with Gasteiger partial charge < -0.3 is 14.7 Å². The van der Waals surface area contributed by atoms with Crippen LogP contribution in [0.3, 0.4) is 0 Å². The largest absolute Gasteiger partial charge is 0.480 e. The Kier molecular flexibility index (Phi) is 4.57. The van der Waals surface area contributed by atoms with Crippen LogP contribution >= 0.6 is 11.3 Å². The number of rotatable bonds is 6. The molecule has 0 saturated carbocycles. The highest BCUT2D eigenvalue weighted by Gasteiger charge is 2.55. The number of thiophene rings is 1. The topological polar surface area (TPSA) is 66.8 Å². The molecule has 1 aromatic carbocycles. The number of benzene rings is 1. The second-order valence-electron chi connectivity index (χ2n) is 6.08. The van der Waals surface area contributed by atoms with Crippen molar-refractivity contribution in [2.24, 2.45) is 5.92 Å². The Morgan fingerprint density at radius 1 is 1.21 bits per heavy atom. The molecule has 1 saturated heterocycles. The highest BCUT2D eigenvalue weighted by molar-refractivity contribution is 7.10. The van der Waals surface area contributed by atoms with Crippen LogP contribution in [-0.2, 0) is 9.59 Å². The summed E-state index contributed by atoms with van der Waals surface area (Å²) >= 11 is 1.50. The Balaban J connectivity index is 1.91. The summed E-state index contributed by atoms with van der Waals surface area (Å²) in [4.78, 5) is 26.7. The van der Waals surface area contributed by atoms with Gasteiger partial charge in [0.2, 0.25) is 6.10 Å². The van der Waals surface area contributed by atoms with Gasteiger partial charge in [-0.2, -0.15) is 0 Å². The van der Waals surface area contributed by atoms with Crippen molar-refractivity contribution in [3.63, 3.8) is 0 Å². The third kappa shape index (κ3) is 2.89. The lowest BCUT2D eigenvalue weighted by atomic mass is 9.89. The monoisotopic (exact) mass is 345 g/mol. The minimum absolute atomic E-state index is 0.188. The van der Waals surface area contributed by atoms with E-state index in [2.05, 4.69) is 0 Å². The average Bonchev–Trinajstić information content (AvgIpc) is 3.07. The van der Waals surface area contributed by atoms with Gasteiger partial charge in [-0.25, -0.2) is 4.79 Å². The number of amides is 1. The fraction of sp³-hybridized carbons (Fsp3) is 0.333. The molecule has 5 nitrogen and oxygen atoms in total. The molecule has 1 fully saturated rings. The summed E-state index contributed by atoms with van der Waals surface area (Å²) in [5, 5.41) is 11.5. The van der Waals surface area contributed by atoms with Crippen molar-refractivity contribution >= 4 is 23.2 Å². The van der Waals surface area contributed by atoms with Crippen LogP contribution in [0.1, 0.15) is 24.8 Å². The standard InChI is InChI=1S/C18H19NO4S/c1-11(2)14(18(21)22)19-15(13-9-6-10-24-13)16(17(19)20)23-12-7-4-3-5-8-12/h3-11,14-16H,1-2H3,(H,21,22)/t14-,15-,16+/m0/s1. The number of β-lactam (4-membered cyclic amide) rings is 1. The molecule has 0 radical (unpaired) electrons. The zero-order valence-electron chi connectivity index (χ0n) is 13.5. The van der Waals surface area contributed by atoms with Gasteiger partial charge in [0.1, 0.15) is 17.8 Å². The maximum atomic E-state index is 12.7. The first-order chi connectivity index (χ1) is 11.5. The van der Waals surface area contributed by atoms with Crippen LogP contribution in [0.15, 0.2) is 47.8 Å². The second-order valence-corrected chi connectivity index (χ2v) is 7.06. The molecular formula is C18H19NO4S. The molecule has 1 aromatic heterocycles. The summed E-state index contributed by atoms with van der Waals surface area (Å²) in [6.07, 6.45) is -0.688. The second kappa shape index (κ2) is 6.65. The SMILES string of the molecule is CC(C)[C@@H](C(=O)O)N1C(=O)[C@H](Oc2ccccc2)[C@@H]1c1cccs1. The quantitative estimate of drug-likeness (QED) is 0.817. The smallest absolute Gasteiger partial charge is 0.326 e. The first-order valence-corrected chi connectivity index (χ1v) is 8.68. The van der Waals surface area contributed by atoms with Gasteiger partial charge in [-0.1, -0.05) is 38.1 Å². The van der Waals surface area contributed by atoms with Crippen molar-refractivity contribution in [1.82, 2.24) is 4.90 Å². The number of aliphatic carboxylic acids is 1. The van der Waals surface area contributed by atoms with Gasteiger partial charge in [0.25, 0.3) is 5.91 Å². The number of ether oxygens (including phenoxy) is 1. The third-order valence-electron chi connectivity index (χ3n) is 4.11. The van der Waals surface area contributed by atoms with Gasteiger partial charge in [-0.15, -0.1) is 11.3 Å². The van der Waals surface area contributed by atoms with Crippen LogP contribution in [0.25, 0.3) is 0 Å². The molecule has 0 bridgehead atoms. The maximum absolute atomic E-state index is 12.7. The summed E-state index contributed by atoms with van der Waals surface area (Å²) in [6.45, 7) is 3.62. The molecule has 1 N–H and O–H groups in total. The zero-order valence-corrected chi connectivity index (χ0v) is 14.3. The molecule has 0 aliphatic carbocycles. The average molecular weight is 345 g/mol. The molecule has 2 heterocycles. The number of hydrogen-bond acceptors (Lipinski definition) is 4. The van der Waals surface area contributed by atoms with E-state index in [-0.39, 0.29) is 17.9 Å². The van der Waals surface area contributed by atoms with E-state index < -0.39 is 18.1 Å². The normalized spacial score (nSPS) is 21.5. The van der Waals surface area contributed by atoms with Crippen LogP contribution in [0.4, 0.5) is 0 Å². The third-order valence-corrected chi connectivity index (χ3v) is 5.05. The molecular weight excluding hydrogens is 326 g/mol. The molecule has 1 aliphatic rings. The molecule has 126 valence electrons. The van der Waals surface area contributed by atoms with E-state index in [0.717, 1.165) is 4.88 Å². The van der Waals surface area contributed by atoms with E-state index in [1.165, 1.54) is 16.2 Å². The molecule has 3 rings (SSSR count). The summed E-state index contributed by atoms with van der Waals surface area (Å²) in [5.41, 5.74) is 0. The predicted octanol–water partition coefficient (Wildman–Crippen LogP) is 3.19. The number of hydrogen-bond donors (Lipinski definition) is 1. The summed E-state index contributed by atoms with van der Waals surface area (Å²) < 4.78 is 5.86. The number of carbonyl (C=O) groups is 2. The van der Waals surface area contributed by atoms with E-state index in [0.29, 0.717) is 5.75 Å². The fourth-order valence-electron chi connectivity index (χ4n) is 3.02. The van der Waals surface area contributed by atoms with Crippen LogP contribution in [0, 0.1) is 5.92 Å². The number of para-hydroxylation sites is 1. The zero-order chi connectivity index (χ0) is 17.3. The van der Waals surface area contributed by atoms with Gasteiger partial charge in [0.05, 0.1) is 0 Å². The Morgan fingerprint density at radius 2 is 1.92 bits per heavy atom. The van der Waals surface area contributed by atoms with Gasteiger partial charge >= 0.3 is 5.97 Å². The van der Waals surface area contributed by atoms with Crippen molar-refractivity contribution in [1.29, 1.82) is 0 Å². The van der Waals surface area contributed by atoms with Gasteiger partial charge in [0.15, 0.2) is 0 Å². The van der Waals surface area contributed by atoms with Crippen molar-refractivity contribution in [3.05, 3.63) is 52.7 Å². The molecule has 3 atom stereocenters. The molecule has 0 spiro atoms. The molecule has 2 aromatic rings. The minimum atomic E-state index is -0.988. The van der Waals surface area contributed by atoms with E-state index in [1.54, 1.807) is 12.1 Å². The number of likely N-dealkylation sites (tertiary alicyclic amines) is 1. The lowest BCUT2D eigenvalue weighted by Gasteiger charge is -2.49. The predicted molar refractivity (Wildman–Crippen MR) is 91.0 cm³/mol. The van der Waals surface area contributed by atoms with Crippen molar-refractivity contribution in [3.8, 4) is 5.75 Å². The Labute approximate surface area is 144 Å². The Hall–Kier alpha value is -2.34. The molecule has 6 heteroatoms. The summed E-state index contributed by atoms with van der Waals surface area (Å²) in [6, 6.07) is 11.7. The van der Waals surface area contributed by atoms with E-state index in [9.17, 15) is 14.7 Å². The Bertz CT molecular complexity index is 714. The van der Waals surface area contributed by atoms with E-state index >= 15 is 0 Å². The van der Waals surface area contributed by atoms with E-state index in [4.69, 9.17) is 4.74 Å². The lowest BCUT2D eigenvalue weighted by Crippen LogP contribution is -2.66. The highest BCUT2D eigenvalue weighted by atomic mass is 32.1.